The highest BCUT2D eigenvalue weighted by atomic mass is 16.2. The third-order valence-corrected chi connectivity index (χ3v) is 5.70. The van der Waals surface area contributed by atoms with E-state index in [0.717, 1.165) is 16.8 Å². The van der Waals surface area contributed by atoms with Crippen LogP contribution in [0.4, 0.5) is 5.69 Å². The molecule has 7 heteroatoms. The molecule has 3 amide bonds. The molecular weight excluding hydrogens is 416 g/mol. The quantitative estimate of drug-likeness (QED) is 0.561. The first-order valence-electron chi connectivity index (χ1n) is 11.0. The summed E-state index contributed by atoms with van der Waals surface area (Å²) in [5, 5.41) is 5.79. The van der Waals surface area contributed by atoms with Crippen LogP contribution in [0.3, 0.4) is 0 Å². The Morgan fingerprint density at radius 1 is 0.939 bits per heavy atom. The molecule has 0 saturated carbocycles. The van der Waals surface area contributed by atoms with Crippen molar-refractivity contribution in [1.82, 2.24) is 15.6 Å². The van der Waals surface area contributed by atoms with Gasteiger partial charge >= 0.3 is 0 Å². The number of nitrogens with zero attached hydrogens (tertiary/aromatic N) is 2. The Balaban J connectivity index is 1.43. The number of hydrogen-bond acceptors (Lipinski definition) is 4. The van der Waals surface area contributed by atoms with Gasteiger partial charge < -0.3 is 15.5 Å². The predicted octanol–water partition coefficient (Wildman–Crippen LogP) is 2.48. The van der Waals surface area contributed by atoms with Crippen molar-refractivity contribution < 1.29 is 14.4 Å². The maximum atomic E-state index is 13.1. The number of pyridine rings is 1. The van der Waals surface area contributed by atoms with Gasteiger partial charge in [-0.05, 0) is 35.4 Å². The molecule has 0 radical (unpaired) electrons. The molecule has 1 aromatic heterocycles. The largest absolute Gasteiger partial charge is 0.350 e. The molecule has 2 N–H and O–H groups in total. The number of carbonyl (C=O) groups excluding carboxylic acids is 3. The van der Waals surface area contributed by atoms with E-state index < -0.39 is 12.0 Å². The Morgan fingerprint density at radius 2 is 1.61 bits per heavy atom. The summed E-state index contributed by atoms with van der Waals surface area (Å²) < 4.78 is 0. The summed E-state index contributed by atoms with van der Waals surface area (Å²) in [5.41, 5.74) is 2.63. The zero-order valence-corrected chi connectivity index (χ0v) is 18.2. The molecule has 0 aliphatic carbocycles. The third kappa shape index (κ3) is 5.83. The van der Waals surface area contributed by atoms with E-state index in [0.29, 0.717) is 19.5 Å². The molecule has 7 nitrogen and oxygen atoms in total. The highest BCUT2D eigenvalue weighted by molar-refractivity contribution is 6.01. The highest BCUT2D eigenvalue weighted by Crippen LogP contribution is 2.25. The number of anilines is 1. The Hall–Kier alpha value is -4.00. The second-order valence-electron chi connectivity index (χ2n) is 8.07. The first-order valence-corrected chi connectivity index (χ1v) is 11.0. The standard InChI is InChI=1S/C26H26N4O3/c31-24-16-21(18-30(24)22-9-5-2-6-10-22)25(32)29-23(15-19-7-3-1-4-8-19)26(33)28-17-20-11-13-27-14-12-20/h1-14,21,23H,15-18H2,(H,28,33)(H,29,32)/t21?,23-/m1/s1. The molecule has 33 heavy (non-hydrogen) atoms. The maximum absolute atomic E-state index is 13.1. The first-order chi connectivity index (χ1) is 16.1. The van der Waals surface area contributed by atoms with Crippen LogP contribution < -0.4 is 15.5 Å². The number of para-hydroxylation sites is 1. The summed E-state index contributed by atoms with van der Waals surface area (Å²) in [6.07, 6.45) is 3.82. The van der Waals surface area contributed by atoms with E-state index >= 15 is 0 Å². The molecule has 1 unspecified atom stereocenters. The van der Waals surface area contributed by atoms with E-state index in [1.54, 1.807) is 17.3 Å². The van der Waals surface area contributed by atoms with Crippen LogP contribution in [0.1, 0.15) is 17.5 Å². The van der Waals surface area contributed by atoms with Crippen LogP contribution >= 0.6 is 0 Å². The van der Waals surface area contributed by atoms with Gasteiger partial charge in [0.25, 0.3) is 0 Å². The first kappa shape index (κ1) is 22.2. The smallest absolute Gasteiger partial charge is 0.243 e. The fourth-order valence-electron chi connectivity index (χ4n) is 3.90. The van der Waals surface area contributed by atoms with Gasteiger partial charge in [-0.2, -0.15) is 0 Å². The molecule has 1 aliphatic heterocycles. The van der Waals surface area contributed by atoms with Crippen LogP contribution in [0.5, 0.6) is 0 Å². The molecule has 0 spiro atoms. The van der Waals surface area contributed by atoms with Gasteiger partial charge in [0, 0.05) is 44.0 Å². The fraction of sp³-hybridized carbons (Fsp3) is 0.231. The van der Waals surface area contributed by atoms with Gasteiger partial charge in [0.1, 0.15) is 6.04 Å². The Morgan fingerprint density at radius 3 is 2.30 bits per heavy atom. The average Bonchev–Trinajstić information content (AvgIpc) is 3.25. The van der Waals surface area contributed by atoms with Crippen molar-refractivity contribution in [3.05, 3.63) is 96.3 Å². The van der Waals surface area contributed by atoms with Gasteiger partial charge in [-0.1, -0.05) is 48.5 Å². The van der Waals surface area contributed by atoms with Crippen LogP contribution in [0.25, 0.3) is 0 Å². The van der Waals surface area contributed by atoms with E-state index in [9.17, 15) is 14.4 Å². The summed E-state index contributed by atoms with van der Waals surface area (Å²) in [4.78, 5) is 44.2. The summed E-state index contributed by atoms with van der Waals surface area (Å²) in [5.74, 6) is -1.16. The number of hydrogen-bond donors (Lipinski definition) is 2. The van der Waals surface area contributed by atoms with Gasteiger partial charge in [0.2, 0.25) is 17.7 Å². The molecule has 4 rings (SSSR count). The van der Waals surface area contributed by atoms with Gasteiger partial charge in [-0.3, -0.25) is 19.4 Å². The van der Waals surface area contributed by atoms with Crippen molar-refractivity contribution in [3.8, 4) is 0 Å². The molecule has 2 heterocycles. The van der Waals surface area contributed by atoms with Crippen molar-refractivity contribution >= 4 is 23.4 Å². The van der Waals surface area contributed by atoms with Gasteiger partial charge in [-0.15, -0.1) is 0 Å². The minimum Gasteiger partial charge on any atom is -0.350 e. The number of carbonyl (C=O) groups is 3. The summed E-state index contributed by atoms with van der Waals surface area (Å²) in [6, 6.07) is 21.8. The number of amides is 3. The lowest BCUT2D eigenvalue weighted by Gasteiger charge is -2.21. The Bertz CT molecular complexity index is 1090. The molecule has 0 bridgehead atoms. The normalized spacial score (nSPS) is 16.3. The highest BCUT2D eigenvalue weighted by Gasteiger charge is 2.36. The van der Waals surface area contributed by atoms with Gasteiger partial charge in [0.15, 0.2) is 0 Å². The molecule has 168 valence electrons. The van der Waals surface area contributed by atoms with Crippen molar-refractivity contribution in [3.63, 3.8) is 0 Å². The third-order valence-electron chi connectivity index (χ3n) is 5.70. The SMILES string of the molecule is O=C(N[C@H](Cc1ccccc1)C(=O)NCc1ccncc1)C1CC(=O)N(c2ccccc2)C1. The van der Waals surface area contributed by atoms with E-state index in [1.165, 1.54) is 0 Å². The number of aromatic nitrogens is 1. The van der Waals surface area contributed by atoms with Crippen LogP contribution in [-0.4, -0.2) is 35.3 Å². The molecule has 1 fully saturated rings. The molecule has 2 atom stereocenters. The second-order valence-corrected chi connectivity index (χ2v) is 8.07. The topological polar surface area (TPSA) is 91.4 Å². The van der Waals surface area contributed by atoms with Crippen molar-refractivity contribution in [2.45, 2.75) is 25.4 Å². The molecule has 1 saturated heterocycles. The van der Waals surface area contributed by atoms with Crippen LogP contribution in [0, 0.1) is 5.92 Å². The second kappa shape index (κ2) is 10.5. The predicted molar refractivity (Wildman–Crippen MR) is 125 cm³/mol. The van der Waals surface area contributed by atoms with Crippen LogP contribution in [0.15, 0.2) is 85.2 Å². The fourth-order valence-corrected chi connectivity index (χ4v) is 3.90. The number of nitrogens with one attached hydrogen (secondary N) is 2. The minimum atomic E-state index is -0.748. The maximum Gasteiger partial charge on any atom is 0.243 e. The number of rotatable bonds is 8. The monoisotopic (exact) mass is 442 g/mol. The van der Waals surface area contributed by atoms with E-state index in [2.05, 4.69) is 15.6 Å². The summed E-state index contributed by atoms with van der Waals surface area (Å²) >= 11 is 0. The average molecular weight is 443 g/mol. The van der Waals surface area contributed by atoms with E-state index in [-0.39, 0.29) is 24.1 Å². The molecule has 3 aromatic rings. The van der Waals surface area contributed by atoms with Crippen molar-refractivity contribution in [1.29, 1.82) is 0 Å². The summed E-state index contributed by atoms with van der Waals surface area (Å²) in [6.45, 7) is 0.636. The van der Waals surface area contributed by atoms with E-state index in [4.69, 9.17) is 0 Å². The lowest BCUT2D eigenvalue weighted by molar-refractivity contribution is -0.131. The zero-order valence-electron chi connectivity index (χ0n) is 18.2. The molecule has 1 aliphatic rings. The number of benzene rings is 2. The van der Waals surface area contributed by atoms with Crippen LogP contribution in [0.2, 0.25) is 0 Å². The lowest BCUT2D eigenvalue weighted by atomic mass is 10.0. The van der Waals surface area contributed by atoms with E-state index in [1.807, 2.05) is 72.8 Å². The Labute approximate surface area is 192 Å². The van der Waals surface area contributed by atoms with Crippen molar-refractivity contribution in [2.24, 2.45) is 5.92 Å². The lowest BCUT2D eigenvalue weighted by Crippen LogP contribution is -2.49. The Kier molecular flexibility index (Phi) is 7.09. The summed E-state index contributed by atoms with van der Waals surface area (Å²) in [7, 11) is 0. The molecule has 2 aromatic carbocycles. The van der Waals surface area contributed by atoms with Crippen LogP contribution in [-0.2, 0) is 27.3 Å². The van der Waals surface area contributed by atoms with Gasteiger partial charge in [0.05, 0.1) is 5.92 Å². The van der Waals surface area contributed by atoms with Crippen molar-refractivity contribution in [2.75, 3.05) is 11.4 Å². The van der Waals surface area contributed by atoms with Gasteiger partial charge in [-0.25, -0.2) is 0 Å². The zero-order chi connectivity index (χ0) is 23.0. The minimum absolute atomic E-state index is 0.0944. The molecular formula is C26H26N4O3.